The molecular weight excluding hydrogens is 243 g/mol. The zero-order valence-electron chi connectivity index (χ0n) is 12.2. The van der Waals surface area contributed by atoms with Gasteiger partial charge in [-0.25, -0.2) is 4.39 Å². The zero-order valence-corrected chi connectivity index (χ0v) is 12.2. The maximum Gasteiger partial charge on any atom is 0.133 e. The molecule has 1 N–H and O–H groups in total. The highest BCUT2D eigenvalue weighted by Crippen LogP contribution is 2.35. The molecule has 1 aromatic carbocycles. The van der Waals surface area contributed by atoms with Gasteiger partial charge in [-0.05, 0) is 25.5 Å². The summed E-state index contributed by atoms with van der Waals surface area (Å²) in [7, 11) is 1.50. The molecule has 108 valence electrons. The molecular formula is C16H25FO2. The Hall–Kier alpha value is -1.09. The van der Waals surface area contributed by atoms with Gasteiger partial charge in [0.1, 0.15) is 11.6 Å². The van der Waals surface area contributed by atoms with Gasteiger partial charge in [0.25, 0.3) is 0 Å². The van der Waals surface area contributed by atoms with E-state index in [0.29, 0.717) is 12.2 Å². The van der Waals surface area contributed by atoms with Crippen molar-refractivity contribution in [3.63, 3.8) is 0 Å². The van der Waals surface area contributed by atoms with Crippen molar-refractivity contribution < 1.29 is 14.2 Å². The Kier molecular flexibility index (Phi) is 6.29. The average Bonchev–Trinajstić information content (AvgIpc) is 2.37. The lowest BCUT2D eigenvalue weighted by Gasteiger charge is -2.26. The molecule has 0 spiro atoms. The second kappa shape index (κ2) is 7.49. The fourth-order valence-corrected chi connectivity index (χ4v) is 2.39. The van der Waals surface area contributed by atoms with E-state index in [9.17, 15) is 9.50 Å². The highest BCUT2D eigenvalue weighted by atomic mass is 19.1. The van der Waals surface area contributed by atoms with Crippen LogP contribution >= 0.6 is 0 Å². The predicted octanol–water partition coefficient (Wildman–Crippen LogP) is 4.40. The Morgan fingerprint density at radius 1 is 1.21 bits per heavy atom. The molecule has 0 aliphatic heterocycles. The molecule has 3 heteroatoms. The minimum absolute atomic E-state index is 0.271. The first kappa shape index (κ1) is 16.0. The zero-order chi connectivity index (χ0) is 14.3. The van der Waals surface area contributed by atoms with Crippen LogP contribution in [0.25, 0.3) is 0 Å². The van der Waals surface area contributed by atoms with Crippen molar-refractivity contribution in [2.24, 2.45) is 0 Å². The number of aliphatic hydroxyl groups is 1. The Balaban J connectivity index is 2.71. The Morgan fingerprint density at radius 2 is 1.89 bits per heavy atom. The maximum atomic E-state index is 13.9. The van der Waals surface area contributed by atoms with Gasteiger partial charge in [0.15, 0.2) is 0 Å². The summed E-state index contributed by atoms with van der Waals surface area (Å²) in [5.74, 6) is 0.0106. The van der Waals surface area contributed by atoms with E-state index in [-0.39, 0.29) is 5.56 Å². The number of rotatable bonds is 8. The minimum Gasteiger partial charge on any atom is -0.496 e. The van der Waals surface area contributed by atoms with Crippen LogP contribution in [-0.4, -0.2) is 12.2 Å². The van der Waals surface area contributed by atoms with Crippen molar-refractivity contribution in [3.8, 4) is 5.75 Å². The first-order valence-corrected chi connectivity index (χ1v) is 7.08. The quantitative estimate of drug-likeness (QED) is 0.708. The van der Waals surface area contributed by atoms with E-state index in [1.165, 1.54) is 32.4 Å². The number of hydrogen-bond donors (Lipinski definition) is 1. The van der Waals surface area contributed by atoms with Gasteiger partial charge < -0.3 is 9.84 Å². The molecule has 0 aromatic heterocycles. The van der Waals surface area contributed by atoms with Crippen molar-refractivity contribution in [1.82, 2.24) is 0 Å². The first-order chi connectivity index (χ1) is 9.03. The summed E-state index contributed by atoms with van der Waals surface area (Å²) in [5, 5.41) is 10.5. The smallest absolute Gasteiger partial charge is 0.133 e. The average molecular weight is 268 g/mol. The molecule has 1 unspecified atom stereocenters. The summed E-state index contributed by atoms with van der Waals surface area (Å²) in [6.45, 7) is 3.83. The molecule has 0 aliphatic carbocycles. The summed E-state index contributed by atoms with van der Waals surface area (Å²) in [6, 6.07) is 4.64. The van der Waals surface area contributed by atoms with Crippen LogP contribution in [0.3, 0.4) is 0 Å². The topological polar surface area (TPSA) is 29.5 Å². The Bertz CT molecular complexity index is 388. The third-order valence-corrected chi connectivity index (χ3v) is 3.50. The largest absolute Gasteiger partial charge is 0.496 e. The van der Waals surface area contributed by atoms with Crippen LogP contribution in [-0.2, 0) is 5.60 Å². The number of halogens is 1. The van der Waals surface area contributed by atoms with Gasteiger partial charge >= 0.3 is 0 Å². The van der Waals surface area contributed by atoms with Crippen molar-refractivity contribution in [2.75, 3.05) is 7.11 Å². The van der Waals surface area contributed by atoms with E-state index in [2.05, 4.69) is 6.92 Å². The highest BCUT2D eigenvalue weighted by Gasteiger charge is 2.29. The molecule has 2 nitrogen and oxygen atoms in total. The van der Waals surface area contributed by atoms with Gasteiger partial charge in [-0.2, -0.15) is 0 Å². The fourth-order valence-electron chi connectivity index (χ4n) is 2.39. The van der Waals surface area contributed by atoms with Crippen LogP contribution in [0.1, 0.15) is 57.9 Å². The van der Waals surface area contributed by atoms with Crippen molar-refractivity contribution in [2.45, 2.75) is 58.0 Å². The molecule has 0 bridgehead atoms. The summed E-state index contributed by atoms with van der Waals surface area (Å²) < 4.78 is 19.1. The standard InChI is InChI=1S/C16H25FO2/c1-4-5-6-7-8-12-16(2,18)15-13(17)10-9-11-14(15)19-3/h9-11,18H,4-8,12H2,1-3H3. The number of unbranched alkanes of at least 4 members (excludes halogenated alkanes) is 4. The second-order valence-electron chi connectivity index (χ2n) is 5.26. The van der Waals surface area contributed by atoms with Crippen LogP contribution in [0, 0.1) is 5.82 Å². The molecule has 0 amide bonds. The molecule has 0 saturated heterocycles. The monoisotopic (exact) mass is 268 g/mol. The second-order valence-corrected chi connectivity index (χ2v) is 5.26. The van der Waals surface area contributed by atoms with Crippen molar-refractivity contribution >= 4 is 0 Å². The summed E-state index contributed by atoms with van der Waals surface area (Å²) in [4.78, 5) is 0. The van der Waals surface area contributed by atoms with E-state index >= 15 is 0 Å². The van der Waals surface area contributed by atoms with E-state index in [4.69, 9.17) is 4.74 Å². The van der Waals surface area contributed by atoms with Crippen LogP contribution in [0.5, 0.6) is 5.75 Å². The molecule has 19 heavy (non-hydrogen) atoms. The lowest BCUT2D eigenvalue weighted by atomic mass is 9.89. The van der Waals surface area contributed by atoms with E-state index in [0.717, 1.165) is 12.8 Å². The van der Waals surface area contributed by atoms with E-state index in [1.54, 1.807) is 19.1 Å². The van der Waals surface area contributed by atoms with Gasteiger partial charge in [0, 0.05) is 0 Å². The maximum absolute atomic E-state index is 13.9. The molecule has 0 saturated carbocycles. The lowest BCUT2D eigenvalue weighted by Crippen LogP contribution is -2.23. The Morgan fingerprint density at radius 3 is 2.53 bits per heavy atom. The van der Waals surface area contributed by atoms with Crippen molar-refractivity contribution in [1.29, 1.82) is 0 Å². The predicted molar refractivity (Wildman–Crippen MR) is 75.9 cm³/mol. The summed E-state index contributed by atoms with van der Waals surface area (Å²) in [5.41, 5.74) is -0.906. The molecule has 1 aromatic rings. The molecule has 0 fully saturated rings. The number of benzene rings is 1. The third-order valence-electron chi connectivity index (χ3n) is 3.50. The number of hydrogen-bond acceptors (Lipinski definition) is 2. The first-order valence-electron chi connectivity index (χ1n) is 7.08. The van der Waals surface area contributed by atoms with Crippen LogP contribution < -0.4 is 4.74 Å². The SMILES string of the molecule is CCCCCCCC(C)(O)c1c(F)cccc1OC. The fraction of sp³-hybridized carbons (Fsp3) is 0.625. The highest BCUT2D eigenvalue weighted by molar-refractivity contribution is 5.38. The molecule has 1 rings (SSSR count). The van der Waals surface area contributed by atoms with Gasteiger partial charge in [0.05, 0.1) is 18.3 Å². The Labute approximate surface area is 115 Å². The van der Waals surface area contributed by atoms with Gasteiger partial charge in [-0.3, -0.25) is 0 Å². The van der Waals surface area contributed by atoms with E-state index in [1.807, 2.05) is 0 Å². The molecule has 0 heterocycles. The lowest BCUT2D eigenvalue weighted by molar-refractivity contribution is 0.0386. The normalized spacial score (nSPS) is 14.2. The number of ether oxygens (including phenoxy) is 1. The minimum atomic E-state index is -1.18. The molecule has 1 atom stereocenters. The summed E-state index contributed by atoms with van der Waals surface area (Å²) in [6.07, 6.45) is 6.09. The van der Waals surface area contributed by atoms with E-state index < -0.39 is 11.4 Å². The van der Waals surface area contributed by atoms with Crippen LogP contribution in [0.15, 0.2) is 18.2 Å². The third kappa shape index (κ3) is 4.50. The molecule has 0 aliphatic rings. The van der Waals surface area contributed by atoms with Gasteiger partial charge in [-0.1, -0.05) is 45.1 Å². The number of methoxy groups -OCH3 is 1. The summed E-state index contributed by atoms with van der Waals surface area (Å²) >= 11 is 0. The van der Waals surface area contributed by atoms with Crippen LogP contribution in [0.4, 0.5) is 4.39 Å². The van der Waals surface area contributed by atoms with Gasteiger partial charge in [-0.15, -0.1) is 0 Å². The van der Waals surface area contributed by atoms with Crippen LogP contribution in [0.2, 0.25) is 0 Å². The molecule has 0 radical (unpaired) electrons. The van der Waals surface area contributed by atoms with Crippen molar-refractivity contribution in [3.05, 3.63) is 29.6 Å². The van der Waals surface area contributed by atoms with Gasteiger partial charge in [0.2, 0.25) is 0 Å².